The van der Waals surface area contributed by atoms with E-state index in [4.69, 9.17) is 17.3 Å². The molecule has 0 bridgehead atoms. The van der Waals surface area contributed by atoms with E-state index >= 15 is 0 Å². The fourth-order valence-corrected chi connectivity index (χ4v) is 4.14. The number of fused-ring (bicyclic) bond motifs is 1. The van der Waals surface area contributed by atoms with E-state index in [2.05, 4.69) is 5.10 Å². The number of benzene rings is 2. The average molecular weight is 413 g/mol. The fraction of sp³-hybridized carbons (Fsp3) is 0.238. The number of nitrogens with zero attached hydrogens (tertiary/aromatic N) is 3. The summed E-state index contributed by atoms with van der Waals surface area (Å²) in [4.78, 5) is 15.1. The normalized spacial score (nSPS) is 18.3. The second-order valence-electron chi connectivity index (χ2n) is 7.00. The minimum Gasteiger partial charge on any atom is -0.394 e. The molecule has 0 fully saturated rings. The Morgan fingerprint density at radius 1 is 1.17 bits per heavy atom. The van der Waals surface area contributed by atoms with Gasteiger partial charge in [-0.1, -0.05) is 48.0 Å². The van der Waals surface area contributed by atoms with Crippen LogP contribution in [0.1, 0.15) is 22.4 Å². The lowest BCUT2D eigenvalue weighted by molar-refractivity contribution is -0.132. The van der Waals surface area contributed by atoms with Crippen LogP contribution in [0.2, 0.25) is 5.02 Å². The van der Waals surface area contributed by atoms with Crippen molar-refractivity contribution in [2.75, 3.05) is 17.2 Å². The molecule has 4 rings (SSSR count). The quantitative estimate of drug-likeness (QED) is 0.596. The lowest BCUT2D eigenvalue weighted by atomic mass is 9.87. The third kappa shape index (κ3) is 2.90. The SMILES string of the molecule is Cc1nn(CCO)c(N)c1C1(O)C(=O)N(Cc2ccccc2Cl)c2ccccc21. The molecule has 0 saturated carbocycles. The van der Waals surface area contributed by atoms with Crippen LogP contribution in [0.25, 0.3) is 0 Å². The minimum absolute atomic E-state index is 0.154. The van der Waals surface area contributed by atoms with Crippen LogP contribution in [-0.2, 0) is 23.5 Å². The van der Waals surface area contributed by atoms with E-state index in [1.54, 1.807) is 31.2 Å². The highest BCUT2D eigenvalue weighted by Gasteiger charge is 2.53. The summed E-state index contributed by atoms with van der Waals surface area (Å²) in [5, 5.41) is 25.8. The largest absolute Gasteiger partial charge is 0.394 e. The molecule has 2 aromatic carbocycles. The third-order valence-electron chi connectivity index (χ3n) is 5.27. The molecular formula is C21H21ClN4O3. The molecule has 3 aromatic rings. The smallest absolute Gasteiger partial charge is 0.269 e. The van der Waals surface area contributed by atoms with Gasteiger partial charge in [-0.05, 0) is 24.6 Å². The second-order valence-corrected chi connectivity index (χ2v) is 7.41. The van der Waals surface area contributed by atoms with E-state index in [9.17, 15) is 15.0 Å². The van der Waals surface area contributed by atoms with Crippen LogP contribution in [0.3, 0.4) is 0 Å². The van der Waals surface area contributed by atoms with Crippen molar-refractivity contribution >= 4 is 29.0 Å². The maximum absolute atomic E-state index is 13.6. The molecule has 4 N–H and O–H groups in total. The first-order chi connectivity index (χ1) is 13.9. The van der Waals surface area contributed by atoms with Crippen LogP contribution < -0.4 is 10.6 Å². The number of rotatable bonds is 5. The molecule has 1 atom stereocenters. The molecule has 1 aliphatic rings. The Kier molecular flexibility index (Phi) is 4.82. The van der Waals surface area contributed by atoms with Crippen molar-refractivity contribution < 1.29 is 15.0 Å². The summed E-state index contributed by atoms with van der Waals surface area (Å²) in [6.07, 6.45) is 0. The van der Waals surface area contributed by atoms with Crippen LogP contribution in [0.4, 0.5) is 11.5 Å². The van der Waals surface area contributed by atoms with Crippen molar-refractivity contribution in [1.29, 1.82) is 0 Å². The van der Waals surface area contributed by atoms with Gasteiger partial charge in [0.2, 0.25) is 5.60 Å². The van der Waals surface area contributed by atoms with Gasteiger partial charge in [-0.3, -0.25) is 4.79 Å². The molecule has 0 radical (unpaired) electrons. The Hall–Kier alpha value is -2.87. The van der Waals surface area contributed by atoms with Crippen LogP contribution in [0.5, 0.6) is 0 Å². The number of nitrogens with two attached hydrogens (primary N) is 1. The molecule has 0 aliphatic carbocycles. The molecule has 7 nitrogen and oxygen atoms in total. The Balaban J connectivity index is 1.86. The van der Waals surface area contributed by atoms with Crippen molar-refractivity contribution in [3.8, 4) is 0 Å². The van der Waals surface area contributed by atoms with E-state index in [0.29, 0.717) is 22.0 Å². The van der Waals surface area contributed by atoms with Crippen molar-refractivity contribution in [2.24, 2.45) is 0 Å². The van der Waals surface area contributed by atoms with Crippen molar-refractivity contribution in [2.45, 2.75) is 25.6 Å². The van der Waals surface area contributed by atoms with E-state index in [1.165, 1.54) is 9.58 Å². The Labute approximate surface area is 172 Å². The van der Waals surface area contributed by atoms with Gasteiger partial charge >= 0.3 is 0 Å². The van der Waals surface area contributed by atoms with Gasteiger partial charge < -0.3 is 20.8 Å². The van der Waals surface area contributed by atoms with Crippen LogP contribution >= 0.6 is 11.6 Å². The van der Waals surface area contributed by atoms with Gasteiger partial charge in [0, 0.05) is 10.6 Å². The molecule has 29 heavy (non-hydrogen) atoms. The molecule has 1 aromatic heterocycles. The van der Waals surface area contributed by atoms with E-state index in [0.717, 1.165) is 5.56 Å². The molecule has 1 aliphatic heterocycles. The average Bonchev–Trinajstić information content (AvgIpc) is 3.10. The number of aliphatic hydroxyl groups excluding tert-OH is 1. The number of hydrogen-bond acceptors (Lipinski definition) is 5. The number of hydrogen-bond donors (Lipinski definition) is 3. The van der Waals surface area contributed by atoms with Gasteiger partial charge in [0.25, 0.3) is 5.91 Å². The predicted octanol–water partition coefficient (Wildman–Crippen LogP) is 2.20. The van der Waals surface area contributed by atoms with Crippen molar-refractivity contribution in [3.05, 3.63) is 75.9 Å². The lowest BCUT2D eigenvalue weighted by Gasteiger charge is -2.24. The number of aliphatic hydroxyl groups is 2. The number of para-hydroxylation sites is 1. The highest BCUT2D eigenvalue weighted by atomic mass is 35.5. The van der Waals surface area contributed by atoms with Gasteiger partial charge in [-0.15, -0.1) is 0 Å². The zero-order valence-corrected chi connectivity index (χ0v) is 16.6. The number of halogens is 1. The Morgan fingerprint density at radius 2 is 1.86 bits per heavy atom. The zero-order chi connectivity index (χ0) is 20.8. The molecule has 150 valence electrons. The summed E-state index contributed by atoms with van der Waals surface area (Å²) in [6.45, 7) is 1.90. The number of nitrogen functional groups attached to an aromatic ring is 1. The first kappa shape index (κ1) is 19.4. The molecule has 8 heteroatoms. The van der Waals surface area contributed by atoms with Crippen LogP contribution in [-0.4, -0.2) is 32.5 Å². The first-order valence-electron chi connectivity index (χ1n) is 9.21. The Morgan fingerprint density at radius 3 is 2.59 bits per heavy atom. The second kappa shape index (κ2) is 7.18. The first-order valence-corrected chi connectivity index (χ1v) is 9.58. The standard InChI is InChI=1S/C21H21ClN4O3/c1-13-18(19(23)26(24-13)10-11-27)21(29)15-7-3-5-9-17(15)25(20(21)28)12-14-6-2-4-8-16(14)22/h2-9,27,29H,10-12,23H2,1H3. The van der Waals surface area contributed by atoms with E-state index in [-0.39, 0.29) is 31.1 Å². The summed E-state index contributed by atoms with van der Waals surface area (Å²) < 4.78 is 1.40. The molecular weight excluding hydrogens is 392 g/mol. The fourth-order valence-electron chi connectivity index (χ4n) is 3.94. The Bertz CT molecular complexity index is 1100. The number of carbonyl (C=O) groups excluding carboxylic acids is 1. The number of aryl methyl sites for hydroxylation is 1. The molecule has 0 saturated heterocycles. The number of anilines is 2. The zero-order valence-electron chi connectivity index (χ0n) is 15.8. The van der Waals surface area contributed by atoms with Crippen molar-refractivity contribution in [3.63, 3.8) is 0 Å². The van der Waals surface area contributed by atoms with Crippen LogP contribution in [0, 0.1) is 6.92 Å². The van der Waals surface area contributed by atoms with Gasteiger partial charge in [-0.25, -0.2) is 4.68 Å². The van der Waals surface area contributed by atoms with Crippen LogP contribution in [0.15, 0.2) is 48.5 Å². The van der Waals surface area contributed by atoms with Crippen molar-refractivity contribution in [1.82, 2.24) is 9.78 Å². The molecule has 1 amide bonds. The predicted molar refractivity (Wildman–Crippen MR) is 111 cm³/mol. The van der Waals surface area contributed by atoms with Gasteiger partial charge in [0.15, 0.2) is 0 Å². The lowest BCUT2D eigenvalue weighted by Crippen LogP contribution is -2.41. The maximum Gasteiger partial charge on any atom is 0.269 e. The summed E-state index contributed by atoms with van der Waals surface area (Å²) in [5.41, 5.74) is 6.73. The van der Waals surface area contributed by atoms with E-state index < -0.39 is 11.5 Å². The summed E-state index contributed by atoms with van der Waals surface area (Å²) in [6, 6.07) is 14.3. The number of carbonyl (C=O) groups is 1. The van der Waals surface area contributed by atoms with Gasteiger partial charge in [-0.2, -0.15) is 5.10 Å². The molecule has 1 unspecified atom stereocenters. The highest BCUT2D eigenvalue weighted by molar-refractivity contribution is 6.31. The highest BCUT2D eigenvalue weighted by Crippen LogP contribution is 2.47. The number of aromatic nitrogens is 2. The number of amides is 1. The third-order valence-corrected chi connectivity index (χ3v) is 5.63. The monoisotopic (exact) mass is 412 g/mol. The maximum atomic E-state index is 13.6. The van der Waals surface area contributed by atoms with Gasteiger partial charge in [0.1, 0.15) is 5.82 Å². The topological polar surface area (TPSA) is 105 Å². The summed E-state index contributed by atoms with van der Waals surface area (Å²) in [5.74, 6) is -0.362. The van der Waals surface area contributed by atoms with Gasteiger partial charge in [0.05, 0.1) is 36.6 Å². The summed E-state index contributed by atoms with van der Waals surface area (Å²) >= 11 is 6.30. The summed E-state index contributed by atoms with van der Waals surface area (Å²) in [7, 11) is 0. The molecule has 2 heterocycles. The van der Waals surface area contributed by atoms with E-state index in [1.807, 2.05) is 24.3 Å². The minimum atomic E-state index is -1.97. The molecule has 0 spiro atoms.